The second kappa shape index (κ2) is 8.69. The van der Waals surface area contributed by atoms with Crippen LogP contribution in [-0.4, -0.2) is 46.5 Å². The number of halogens is 1. The lowest BCUT2D eigenvalue weighted by molar-refractivity contribution is 0.0715. The van der Waals surface area contributed by atoms with E-state index in [1.807, 2.05) is 13.1 Å². The molecule has 160 valence electrons. The highest BCUT2D eigenvalue weighted by Gasteiger charge is 2.32. The van der Waals surface area contributed by atoms with Crippen LogP contribution in [0.15, 0.2) is 54.9 Å². The first-order chi connectivity index (χ1) is 15.0. The number of amides is 2. The number of carbonyl (C=O) groups excluding carboxylic acids is 2. The van der Waals surface area contributed by atoms with Gasteiger partial charge in [0, 0.05) is 39.6 Å². The Hall–Kier alpha value is -3.52. The van der Waals surface area contributed by atoms with Gasteiger partial charge in [-0.05, 0) is 29.3 Å². The summed E-state index contributed by atoms with van der Waals surface area (Å²) in [5, 5.41) is 2.98. The number of rotatable bonds is 7. The molecule has 0 saturated carbocycles. The van der Waals surface area contributed by atoms with Crippen molar-refractivity contribution >= 4 is 11.8 Å². The summed E-state index contributed by atoms with van der Waals surface area (Å²) >= 11 is 0. The van der Waals surface area contributed by atoms with Gasteiger partial charge in [-0.25, -0.2) is 9.37 Å². The molecule has 0 fully saturated rings. The molecule has 1 aliphatic heterocycles. The summed E-state index contributed by atoms with van der Waals surface area (Å²) in [6.07, 6.45) is 3.41. The van der Waals surface area contributed by atoms with Crippen LogP contribution in [-0.2, 0) is 18.3 Å². The van der Waals surface area contributed by atoms with Gasteiger partial charge in [0.15, 0.2) is 0 Å². The van der Waals surface area contributed by atoms with Crippen LogP contribution < -0.4 is 5.32 Å². The summed E-state index contributed by atoms with van der Waals surface area (Å²) in [6.45, 7) is 1.32. The number of benzene rings is 2. The Balaban J connectivity index is 1.66. The van der Waals surface area contributed by atoms with E-state index in [0.717, 1.165) is 5.56 Å². The van der Waals surface area contributed by atoms with Gasteiger partial charge in [0.1, 0.15) is 17.7 Å². The molecule has 0 aliphatic carbocycles. The molecule has 31 heavy (non-hydrogen) atoms. The molecule has 1 atom stereocenters. The van der Waals surface area contributed by atoms with Crippen molar-refractivity contribution in [2.45, 2.75) is 12.6 Å². The predicted octanol–water partition coefficient (Wildman–Crippen LogP) is 2.68. The van der Waals surface area contributed by atoms with E-state index in [9.17, 15) is 14.0 Å². The van der Waals surface area contributed by atoms with Gasteiger partial charge in [-0.2, -0.15) is 0 Å². The highest BCUT2D eigenvalue weighted by molar-refractivity contribution is 6.09. The van der Waals surface area contributed by atoms with Crippen LogP contribution in [0.3, 0.4) is 0 Å². The smallest absolute Gasteiger partial charge is 0.255 e. The fourth-order valence-corrected chi connectivity index (χ4v) is 3.81. The van der Waals surface area contributed by atoms with Gasteiger partial charge in [0.25, 0.3) is 11.8 Å². The lowest BCUT2D eigenvalue weighted by Crippen LogP contribution is -2.33. The molecular weight excluding hydrogens is 399 g/mol. The lowest BCUT2D eigenvalue weighted by atomic mass is 10.0. The molecule has 0 radical (unpaired) electrons. The maximum absolute atomic E-state index is 13.5. The second-order valence-electron chi connectivity index (χ2n) is 7.41. The minimum atomic E-state index is -0.606. The molecule has 2 amide bonds. The van der Waals surface area contributed by atoms with E-state index >= 15 is 0 Å². The molecule has 0 spiro atoms. The third kappa shape index (κ3) is 4.06. The number of nitrogens with one attached hydrogen (secondary N) is 1. The number of aryl methyl sites for hydroxylation is 1. The number of hydrogen-bond donors (Lipinski definition) is 1. The summed E-state index contributed by atoms with van der Waals surface area (Å²) in [7, 11) is 3.40. The lowest BCUT2D eigenvalue weighted by Gasteiger charge is -2.20. The Morgan fingerprint density at radius 3 is 2.71 bits per heavy atom. The fraction of sp³-hybridized carbons (Fsp3) is 0.261. The van der Waals surface area contributed by atoms with E-state index in [1.165, 1.54) is 12.1 Å². The molecule has 0 saturated heterocycles. The molecule has 2 aromatic carbocycles. The van der Waals surface area contributed by atoms with E-state index in [2.05, 4.69) is 10.3 Å². The first kappa shape index (κ1) is 20.7. The number of ether oxygens (including phenoxy) is 1. The molecule has 3 aromatic rings. The molecule has 1 N–H and O–H groups in total. The number of fused-ring (bicyclic) bond motifs is 1. The summed E-state index contributed by atoms with van der Waals surface area (Å²) in [6, 6.07) is 10.6. The SMILES string of the molecule is COCCN1Cc2cccc(C(=O)N[C@H](c3ccc(F)cc3)c3nccn3C)c2C1=O. The zero-order valence-electron chi connectivity index (χ0n) is 17.3. The van der Waals surface area contributed by atoms with Crippen LogP contribution in [0.5, 0.6) is 0 Å². The van der Waals surface area contributed by atoms with Gasteiger partial charge in [-0.1, -0.05) is 24.3 Å². The van der Waals surface area contributed by atoms with Crippen LogP contribution in [0.4, 0.5) is 4.39 Å². The van der Waals surface area contributed by atoms with Crippen molar-refractivity contribution in [3.63, 3.8) is 0 Å². The molecule has 0 unspecified atom stereocenters. The molecule has 8 heteroatoms. The third-order valence-electron chi connectivity index (χ3n) is 5.42. The van der Waals surface area contributed by atoms with Crippen molar-refractivity contribution in [2.75, 3.05) is 20.3 Å². The Kier molecular flexibility index (Phi) is 5.81. The van der Waals surface area contributed by atoms with Crippen LogP contribution in [0, 0.1) is 5.82 Å². The van der Waals surface area contributed by atoms with Crippen molar-refractivity contribution in [1.29, 1.82) is 0 Å². The van der Waals surface area contributed by atoms with Gasteiger partial charge in [0.2, 0.25) is 0 Å². The number of carbonyl (C=O) groups is 2. The zero-order chi connectivity index (χ0) is 22.0. The zero-order valence-corrected chi connectivity index (χ0v) is 17.3. The molecule has 7 nitrogen and oxygen atoms in total. The van der Waals surface area contributed by atoms with Crippen molar-refractivity contribution in [3.05, 3.63) is 88.8 Å². The quantitative estimate of drug-likeness (QED) is 0.635. The van der Waals surface area contributed by atoms with E-state index in [1.54, 1.807) is 53.2 Å². The van der Waals surface area contributed by atoms with E-state index in [-0.39, 0.29) is 11.7 Å². The summed E-state index contributed by atoms with van der Waals surface area (Å²) in [4.78, 5) is 32.3. The third-order valence-corrected chi connectivity index (χ3v) is 5.42. The first-order valence-corrected chi connectivity index (χ1v) is 9.93. The highest BCUT2D eigenvalue weighted by Crippen LogP contribution is 2.27. The summed E-state index contributed by atoms with van der Waals surface area (Å²) in [5.74, 6) is -0.346. The summed E-state index contributed by atoms with van der Waals surface area (Å²) in [5.41, 5.74) is 2.21. The second-order valence-corrected chi connectivity index (χ2v) is 7.41. The Morgan fingerprint density at radius 2 is 2.03 bits per heavy atom. The highest BCUT2D eigenvalue weighted by atomic mass is 19.1. The number of methoxy groups -OCH3 is 1. The number of imidazole rings is 1. The van der Waals surface area contributed by atoms with Gasteiger partial charge in [-0.15, -0.1) is 0 Å². The normalized spacial score (nSPS) is 13.9. The standard InChI is InChI=1S/C23H23FN4O3/c1-27-11-10-25-21(27)20(15-6-8-17(24)9-7-15)26-22(29)18-5-3-4-16-14-28(12-13-31-2)23(30)19(16)18/h3-11,20H,12-14H2,1-2H3,(H,26,29)/t20-/m1/s1. The van der Waals surface area contributed by atoms with E-state index in [0.29, 0.717) is 42.2 Å². The maximum Gasteiger partial charge on any atom is 0.255 e. The average molecular weight is 422 g/mol. The Bertz CT molecular complexity index is 1110. The summed E-state index contributed by atoms with van der Waals surface area (Å²) < 4.78 is 20.3. The molecule has 0 bridgehead atoms. The number of nitrogens with zero attached hydrogens (tertiary/aromatic N) is 3. The average Bonchev–Trinajstić information content (AvgIpc) is 3.34. The Morgan fingerprint density at radius 1 is 1.26 bits per heavy atom. The van der Waals surface area contributed by atoms with E-state index in [4.69, 9.17) is 4.74 Å². The molecule has 2 heterocycles. The first-order valence-electron chi connectivity index (χ1n) is 9.93. The predicted molar refractivity (Wildman–Crippen MR) is 112 cm³/mol. The van der Waals surface area contributed by atoms with Crippen molar-refractivity contribution in [2.24, 2.45) is 7.05 Å². The fourth-order valence-electron chi connectivity index (χ4n) is 3.81. The number of aromatic nitrogens is 2. The van der Waals surface area contributed by atoms with E-state index < -0.39 is 11.9 Å². The van der Waals surface area contributed by atoms with Crippen molar-refractivity contribution in [3.8, 4) is 0 Å². The van der Waals surface area contributed by atoms with Crippen molar-refractivity contribution < 1.29 is 18.7 Å². The Labute approximate surface area is 179 Å². The minimum Gasteiger partial charge on any atom is -0.383 e. The van der Waals surface area contributed by atoms with Gasteiger partial charge in [-0.3, -0.25) is 9.59 Å². The monoisotopic (exact) mass is 422 g/mol. The molecule has 1 aliphatic rings. The molecular formula is C23H23FN4O3. The molecule has 4 rings (SSSR count). The van der Waals surface area contributed by atoms with Crippen LogP contribution in [0.25, 0.3) is 0 Å². The van der Waals surface area contributed by atoms with Gasteiger partial charge < -0.3 is 19.5 Å². The van der Waals surface area contributed by atoms with Crippen LogP contribution >= 0.6 is 0 Å². The number of hydrogen-bond acceptors (Lipinski definition) is 4. The van der Waals surface area contributed by atoms with Gasteiger partial charge >= 0.3 is 0 Å². The minimum absolute atomic E-state index is 0.187. The van der Waals surface area contributed by atoms with Crippen LogP contribution in [0.1, 0.15) is 43.7 Å². The largest absolute Gasteiger partial charge is 0.383 e. The topological polar surface area (TPSA) is 76.5 Å². The van der Waals surface area contributed by atoms with Crippen LogP contribution in [0.2, 0.25) is 0 Å². The molecule has 1 aromatic heterocycles. The van der Waals surface area contributed by atoms with Gasteiger partial charge in [0.05, 0.1) is 17.7 Å². The maximum atomic E-state index is 13.5. The van der Waals surface area contributed by atoms with Crippen molar-refractivity contribution in [1.82, 2.24) is 19.8 Å².